The molecule has 0 fully saturated rings. The molecular formula is C39H66N6O2. The van der Waals surface area contributed by atoms with Crippen molar-refractivity contribution in [2.75, 3.05) is 63.0 Å². The third-order valence-corrected chi connectivity index (χ3v) is 8.57. The van der Waals surface area contributed by atoms with Crippen molar-refractivity contribution in [2.24, 2.45) is 0 Å². The average molecular weight is 651 g/mol. The summed E-state index contributed by atoms with van der Waals surface area (Å²) in [5.74, 6) is 0. The molecule has 4 amide bonds. The van der Waals surface area contributed by atoms with E-state index in [-0.39, 0.29) is 12.1 Å². The molecule has 2 aromatic rings. The monoisotopic (exact) mass is 651 g/mol. The molecule has 0 heterocycles. The molecule has 8 heteroatoms. The van der Waals surface area contributed by atoms with Crippen LogP contribution in [0.2, 0.25) is 0 Å². The highest BCUT2D eigenvalue weighted by molar-refractivity contribution is 5.89. The van der Waals surface area contributed by atoms with Gasteiger partial charge in [0, 0.05) is 37.6 Å². The molecule has 47 heavy (non-hydrogen) atoms. The number of nitrogens with zero attached hydrogens (tertiary/aromatic N) is 2. The Hall–Kier alpha value is -3.10. The molecule has 2 rings (SSSR count). The molecule has 0 atom stereocenters. The lowest BCUT2D eigenvalue weighted by atomic mass is 10.0. The van der Waals surface area contributed by atoms with Crippen molar-refractivity contribution in [1.29, 1.82) is 0 Å². The molecule has 0 unspecified atom stereocenters. The maximum Gasteiger partial charge on any atom is 0.319 e. The van der Waals surface area contributed by atoms with E-state index in [0.29, 0.717) is 13.1 Å². The molecule has 0 aliphatic heterocycles. The SMILES string of the molecule is CCCCCCN(CCCC)CCNC(=O)Nc1ccc(Cc2ccc(NC(=O)NCCN(CCCC)CCCCCC)cc2)cc1. The Morgan fingerprint density at radius 1 is 0.468 bits per heavy atom. The largest absolute Gasteiger partial charge is 0.337 e. The second-order valence-electron chi connectivity index (χ2n) is 12.8. The van der Waals surface area contributed by atoms with Crippen molar-refractivity contribution in [3.8, 4) is 0 Å². The molecule has 8 nitrogen and oxygen atoms in total. The number of anilines is 2. The van der Waals surface area contributed by atoms with E-state index < -0.39 is 0 Å². The maximum atomic E-state index is 12.5. The third-order valence-electron chi connectivity index (χ3n) is 8.57. The summed E-state index contributed by atoms with van der Waals surface area (Å²) >= 11 is 0. The van der Waals surface area contributed by atoms with Crippen LogP contribution < -0.4 is 21.3 Å². The summed E-state index contributed by atoms with van der Waals surface area (Å²) in [5.41, 5.74) is 3.88. The molecule has 0 saturated heterocycles. The highest BCUT2D eigenvalue weighted by Gasteiger charge is 2.08. The summed E-state index contributed by atoms with van der Waals surface area (Å²) in [6.45, 7) is 16.4. The zero-order chi connectivity index (χ0) is 34.0. The van der Waals surface area contributed by atoms with Crippen LogP contribution in [0.1, 0.15) is 116 Å². The van der Waals surface area contributed by atoms with Gasteiger partial charge < -0.3 is 31.1 Å². The first-order valence-corrected chi connectivity index (χ1v) is 18.7. The minimum Gasteiger partial charge on any atom is -0.337 e. The van der Waals surface area contributed by atoms with Gasteiger partial charge >= 0.3 is 12.1 Å². The highest BCUT2D eigenvalue weighted by atomic mass is 16.2. The van der Waals surface area contributed by atoms with E-state index in [1.807, 2.05) is 48.5 Å². The van der Waals surface area contributed by atoms with E-state index in [2.05, 4.69) is 58.8 Å². The third kappa shape index (κ3) is 19.3. The Labute approximate surface area is 286 Å². The number of carbonyl (C=O) groups is 2. The number of urea groups is 2. The second-order valence-corrected chi connectivity index (χ2v) is 12.8. The van der Waals surface area contributed by atoms with Crippen molar-refractivity contribution in [3.05, 3.63) is 59.7 Å². The van der Waals surface area contributed by atoms with Crippen molar-refractivity contribution in [2.45, 2.75) is 111 Å². The van der Waals surface area contributed by atoms with Crippen LogP contribution >= 0.6 is 0 Å². The summed E-state index contributed by atoms with van der Waals surface area (Å²) in [4.78, 5) is 30.0. The van der Waals surface area contributed by atoms with Gasteiger partial charge in [-0.1, -0.05) is 103 Å². The summed E-state index contributed by atoms with van der Waals surface area (Å²) in [6.07, 6.45) is 15.7. The van der Waals surface area contributed by atoms with E-state index in [1.165, 1.54) is 77.0 Å². The maximum absolute atomic E-state index is 12.5. The minimum absolute atomic E-state index is 0.164. The van der Waals surface area contributed by atoms with E-state index in [1.54, 1.807) is 0 Å². The first kappa shape index (κ1) is 40.1. The molecule has 0 aliphatic carbocycles. The Bertz CT molecular complexity index is 990. The van der Waals surface area contributed by atoms with Crippen molar-refractivity contribution >= 4 is 23.4 Å². The number of unbranched alkanes of at least 4 members (excludes halogenated alkanes) is 8. The van der Waals surface area contributed by atoms with Crippen LogP contribution in [0.25, 0.3) is 0 Å². The number of amides is 4. The van der Waals surface area contributed by atoms with Crippen molar-refractivity contribution in [3.63, 3.8) is 0 Å². The van der Waals surface area contributed by atoms with Crippen LogP contribution in [0.15, 0.2) is 48.5 Å². The Morgan fingerprint density at radius 2 is 0.830 bits per heavy atom. The zero-order valence-corrected chi connectivity index (χ0v) is 30.2. The Balaban J connectivity index is 1.71. The van der Waals surface area contributed by atoms with Gasteiger partial charge in [-0.25, -0.2) is 9.59 Å². The van der Waals surface area contributed by atoms with Gasteiger partial charge in [-0.2, -0.15) is 0 Å². The van der Waals surface area contributed by atoms with Crippen molar-refractivity contribution < 1.29 is 9.59 Å². The van der Waals surface area contributed by atoms with Gasteiger partial charge in [0.25, 0.3) is 0 Å². The number of hydrogen-bond acceptors (Lipinski definition) is 4. The smallest absolute Gasteiger partial charge is 0.319 e. The van der Waals surface area contributed by atoms with E-state index in [0.717, 1.165) is 68.2 Å². The van der Waals surface area contributed by atoms with Gasteiger partial charge in [-0.05, 0) is 93.7 Å². The van der Waals surface area contributed by atoms with E-state index in [9.17, 15) is 9.59 Å². The average Bonchev–Trinajstić information content (AvgIpc) is 3.07. The number of hydrogen-bond donors (Lipinski definition) is 4. The standard InChI is InChI=1S/C39H66N6O2/c1-5-9-13-15-29-44(27-11-7-3)31-25-40-38(46)42-36-21-17-34(18-22-36)33-35-19-23-37(24-20-35)43-39(47)41-26-32-45(28-12-8-4)30-16-14-10-6-2/h17-24H,5-16,25-33H2,1-4H3,(H2,40,42,46)(H2,41,43,47). The lowest BCUT2D eigenvalue weighted by Crippen LogP contribution is -2.37. The van der Waals surface area contributed by atoms with Crippen LogP contribution in [0.3, 0.4) is 0 Å². The van der Waals surface area contributed by atoms with Gasteiger partial charge in [0.2, 0.25) is 0 Å². The van der Waals surface area contributed by atoms with Crippen LogP contribution in [0.5, 0.6) is 0 Å². The molecule has 0 aromatic heterocycles. The van der Waals surface area contributed by atoms with Gasteiger partial charge in [0.05, 0.1) is 0 Å². The topological polar surface area (TPSA) is 88.7 Å². The van der Waals surface area contributed by atoms with Crippen LogP contribution in [-0.4, -0.2) is 74.2 Å². The van der Waals surface area contributed by atoms with Crippen LogP contribution in [-0.2, 0) is 6.42 Å². The van der Waals surface area contributed by atoms with Crippen molar-refractivity contribution in [1.82, 2.24) is 20.4 Å². The fourth-order valence-corrected chi connectivity index (χ4v) is 5.61. The second kappa shape index (κ2) is 25.9. The minimum atomic E-state index is -0.164. The molecule has 0 bridgehead atoms. The molecule has 264 valence electrons. The summed E-state index contributed by atoms with van der Waals surface area (Å²) in [7, 11) is 0. The summed E-state index contributed by atoms with van der Waals surface area (Å²) < 4.78 is 0. The highest BCUT2D eigenvalue weighted by Crippen LogP contribution is 2.16. The first-order valence-electron chi connectivity index (χ1n) is 18.7. The summed E-state index contributed by atoms with van der Waals surface area (Å²) in [5, 5.41) is 12.0. The normalized spacial score (nSPS) is 11.2. The lowest BCUT2D eigenvalue weighted by molar-refractivity contribution is 0.241. The first-order chi connectivity index (χ1) is 23.0. The molecule has 0 saturated carbocycles. The number of carbonyl (C=O) groups excluding carboxylic acids is 2. The summed E-state index contributed by atoms with van der Waals surface area (Å²) in [6, 6.07) is 15.7. The molecule has 0 spiro atoms. The van der Waals surface area contributed by atoms with E-state index >= 15 is 0 Å². The van der Waals surface area contributed by atoms with Crippen LogP contribution in [0.4, 0.5) is 21.0 Å². The molecular weight excluding hydrogens is 584 g/mol. The van der Waals surface area contributed by atoms with Gasteiger partial charge in [0.1, 0.15) is 0 Å². The Morgan fingerprint density at radius 3 is 1.19 bits per heavy atom. The van der Waals surface area contributed by atoms with E-state index in [4.69, 9.17) is 0 Å². The predicted octanol–water partition coefficient (Wildman–Crippen LogP) is 8.89. The Kier molecular flexibility index (Phi) is 22.1. The predicted molar refractivity (Wildman–Crippen MR) is 201 cm³/mol. The number of nitrogens with one attached hydrogen (secondary N) is 4. The molecule has 4 N–H and O–H groups in total. The quantitative estimate of drug-likeness (QED) is 0.0766. The fourth-order valence-electron chi connectivity index (χ4n) is 5.61. The van der Waals surface area contributed by atoms with Gasteiger partial charge in [-0.3, -0.25) is 0 Å². The number of benzene rings is 2. The number of rotatable bonds is 26. The molecule has 0 radical (unpaired) electrons. The lowest BCUT2D eigenvalue weighted by Gasteiger charge is -2.22. The molecule has 2 aromatic carbocycles. The van der Waals surface area contributed by atoms with Crippen LogP contribution in [0, 0.1) is 0 Å². The zero-order valence-electron chi connectivity index (χ0n) is 30.2. The fraction of sp³-hybridized carbons (Fsp3) is 0.641. The van der Waals surface area contributed by atoms with Gasteiger partial charge in [0.15, 0.2) is 0 Å². The van der Waals surface area contributed by atoms with Gasteiger partial charge in [-0.15, -0.1) is 0 Å². The molecule has 0 aliphatic rings.